The second-order valence-corrected chi connectivity index (χ2v) is 4.13. The lowest BCUT2D eigenvalue weighted by Gasteiger charge is -2.10. The zero-order valence-electron chi connectivity index (χ0n) is 9.79. The van der Waals surface area contributed by atoms with Gasteiger partial charge in [-0.1, -0.05) is 35.9 Å². The third-order valence-corrected chi connectivity index (χ3v) is 2.60. The Bertz CT molecular complexity index is 478. The average Bonchev–Trinajstić information content (AvgIpc) is 2.30. The Morgan fingerprint density at radius 2 is 2.06 bits per heavy atom. The summed E-state index contributed by atoms with van der Waals surface area (Å²) in [6.07, 6.45) is 6.17. The zero-order valence-corrected chi connectivity index (χ0v) is 9.79. The van der Waals surface area contributed by atoms with Crippen LogP contribution in [0, 0.1) is 6.92 Å². The van der Waals surface area contributed by atoms with Crippen molar-refractivity contribution in [2.75, 3.05) is 6.61 Å². The van der Waals surface area contributed by atoms with Gasteiger partial charge in [0.05, 0.1) is 0 Å². The first kappa shape index (κ1) is 10.7. The van der Waals surface area contributed by atoms with Crippen molar-refractivity contribution >= 4 is 5.57 Å². The van der Waals surface area contributed by atoms with Gasteiger partial charge in [-0.25, -0.2) is 0 Å². The summed E-state index contributed by atoms with van der Waals surface area (Å²) in [6.45, 7) is 8.86. The van der Waals surface area contributed by atoms with Crippen LogP contribution >= 0.6 is 0 Å². The molecule has 1 aromatic rings. The van der Waals surface area contributed by atoms with Gasteiger partial charge in [-0.15, -0.1) is 0 Å². The van der Waals surface area contributed by atoms with E-state index in [-0.39, 0.29) is 0 Å². The molecule has 16 heavy (non-hydrogen) atoms. The van der Waals surface area contributed by atoms with Crippen LogP contribution in [0.3, 0.4) is 0 Å². The van der Waals surface area contributed by atoms with Crippen molar-refractivity contribution in [3.63, 3.8) is 0 Å². The molecule has 0 radical (unpaired) electrons. The zero-order chi connectivity index (χ0) is 11.5. The van der Waals surface area contributed by atoms with Crippen molar-refractivity contribution in [1.29, 1.82) is 0 Å². The van der Waals surface area contributed by atoms with E-state index in [2.05, 4.69) is 44.7 Å². The van der Waals surface area contributed by atoms with Crippen LogP contribution in [0.25, 0.3) is 5.57 Å². The molecule has 82 valence electrons. The number of benzene rings is 1. The predicted octanol–water partition coefficient (Wildman–Crippen LogP) is 3.90. The Morgan fingerprint density at radius 3 is 2.88 bits per heavy atom. The van der Waals surface area contributed by atoms with Gasteiger partial charge >= 0.3 is 0 Å². The molecule has 0 spiro atoms. The first-order valence-corrected chi connectivity index (χ1v) is 5.44. The number of ether oxygens (including phenoxy) is 1. The summed E-state index contributed by atoms with van der Waals surface area (Å²) < 4.78 is 5.70. The quantitative estimate of drug-likeness (QED) is 0.633. The molecular formula is C15H16O. The summed E-state index contributed by atoms with van der Waals surface area (Å²) in [6, 6.07) is 6.19. The van der Waals surface area contributed by atoms with Gasteiger partial charge in [0.2, 0.25) is 0 Å². The van der Waals surface area contributed by atoms with Crippen LogP contribution in [-0.4, -0.2) is 6.61 Å². The van der Waals surface area contributed by atoms with Gasteiger partial charge in [-0.2, -0.15) is 0 Å². The molecule has 0 aromatic heterocycles. The largest absolute Gasteiger partial charge is 0.489 e. The van der Waals surface area contributed by atoms with E-state index in [0.717, 1.165) is 16.9 Å². The van der Waals surface area contributed by atoms with Crippen molar-refractivity contribution in [2.24, 2.45) is 0 Å². The first-order valence-electron chi connectivity index (χ1n) is 5.44. The molecule has 0 unspecified atom stereocenters. The first-order chi connectivity index (χ1) is 7.66. The molecule has 0 atom stereocenters. The Morgan fingerprint density at radius 1 is 1.25 bits per heavy atom. The molecule has 0 amide bonds. The second kappa shape index (κ2) is 4.40. The van der Waals surface area contributed by atoms with Crippen molar-refractivity contribution in [1.82, 2.24) is 0 Å². The van der Waals surface area contributed by atoms with Crippen molar-refractivity contribution < 1.29 is 4.74 Å². The summed E-state index contributed by atoms with van der Waals surface area (Å²) in [5.41, 5.74) is 4.51. The van der Waals surface area contributed by atoms with Gasteiger partial charge in [0.1, 0.15) is 12.4 Å². The molecule has 0 saturated heterocycles. The molecule has 1 aliphatic rings. The number of fused-ring (bicyclic) bond motifs is 1. The summed E-state index contributed by atoms with van der Waals surface area (Å²) in [4.78, 5) is 0. The molecule has 0 fully saturated rings. The van der Waals surface area contributed by atoms with E-state index in [4.69, 9.17) is 4.74 Å². The monoisotopic (exact) mass is 212 g/mol. The Kier molecular flexibility index (Phi) is 2.95. The average molecular weight is 212 g/mol. The van der Waals surface area contributed by atoms with Crippen molar-refractivity contribution in [2.45, 2.75) is 13.8 Å². The van der Waals surface area contributed by atoms with E-state index >= 15 is 0 Å². The van der Waals surface area contributed by atoms with Crippen LogP contribution in [0.2, 0.25) is 0 Å². The molecule has 2 rings (SSSR count). The maximum atomic E-state index is 5.70. The highest BCUT2D eigenvalue weighted by molar-refractivity contribution is 5.77. The number of hydrogen-bond acceptors (Lipinski definition) is 1. The van der Waals surface area contributed by atoms with Crippen LogP contribution in [-0.2, 0) is 0 Å². The van der Waals surface area contributed by atoms with E-state index < -0.39 is 0 Å². The van der Waals surface area contributed by atoms with Crippen molar-refractivity contribution in [3.8, 4) is 5.75 Å². The van der Waals surface area contributed by atoms with E-state index in [0.29, 0.717) is 6.61 Å². The van der Waals surface area contributed by atoms with Crippen LogP contribution in [0.4, 0.5) is 0 Å². The van der Waals surface area contributed by atoms with E-state index in [1.165, 1.54) is 11.1 Å². The van der Waals surface area contributed by atoms with E-state index in [9.17, 15) is 0 Å². The van der Waals surface area contributed by atoms with Crippen molar-refractivity contribution in [3.05, 3.63) is 59.7 Å². The SMILES string of the molecule is C=C1/C=C(C)\C=C/COc2ccc(C)cc21. The van der Waals surface area contributed by atoms with Crippen LogP contribution < -0.4 is 4.74 Å². The normalized spacial score (nSPS) is 20.6. The van der Waals surface area contributed by atoms with Gasteiger partial charge in [-0.3, -0.25) is 0 Å². The molecule has 0 saturated carbocycles. The minimum atomic E-state index is 0.606. The number of hydrogen-bond donors (Lipinski definition) is 0. The number of aryl methyl sites for hydroxylation is 1. The van der Waals surface area contributed by atoms with Gasteiger partial charge in [0.25, 0.3) is 0 Å². The predicted molar refractivity (Wildman–Crippen MR) is 68.6 cm³/mol. The minimum absolute atomic E-state index is 0.606. The Balaban J connectivity index is 2.51. The molecular weight excluding hydrogens is 196 g/mol. The van der Waals surface area contributed by atoms with Gasteiger partial charge in [0, 0.05) is 5.56 Å². The maximum absolute atomic E-state index is 5.70. The fourth-order valence-electron chi connectivity index (χ4n) is 1.79. The molecule has 0 N–H and O–H groups in total. The smallest absolute Gasteiger partial charge is 0.127 e. The molecule has 1 heteroatoms. The summed E-state index contributed by atoms with van der Waals surface area (Å²) >= 11 is 0. The standard InChI is InChI=1S/C15H16O/c1-11-5-4-8-16-15-7-6-12(2)10-14(15)13(3)9-11/h4-7,9-10H,3,8H2,1-2H3/b5-4-,11-9-. The Hall–Kier alpha value is -1.76. The highest BCUT2D eigenvalue weighted by Gasteiger charge is 2.07. The van der Waals surface area contributed by atoms with E-state index in [1.807, 2.05) is 12.1 Å². The van der Waals surface area contributed by atoms with Gasteiger partial charge in [-0.05, 0) is 37.6 Å². The molecule has 1 nitrogen and oxygen atoms in total. The Labute approximate surface area is 96.8 Å². The highest BCUT2D eigenvalue weighted by Crippen LogP contribution is 2.28. The van der Waals surface area contributed by atoms with Crippen LogP contribution in [0.15, 0.2) is 48.6 Å². The third-order valence-electron chi connectivity index (χ3n) is 2.60. The van der Waals surface area contributed by atoms with Crippen LogP contribution in [0.5, 0.6) is 5.75 Å². The third kappa shape index (κ3) is 2.25. The molecule has 1 aliphatic heterocycles. The molecule has 0 bridgehead atoms. The summed E-state index contributed by atoms with van der Waals surface area (Å²) in [7, 11) is 0. The van der Waals surface area contributed by atoms with Crippen LogP contribution in [0.1, 0.15) is 18.1 Å². The number of rotatable bonds is 0. The fourth-order valence-corrected chi connectivity index (χ4v) is 1.79. The molecule has 1 heterocycles. The lowest BCUT2D eigenvalue weighted by atomic mass is 10.0. The second-order valence-electron chi connectivity index (χ2n) is 4.13. The van der Waals surface area contributed by atoms with Gasteiger partial charge in [0.15, 0.2) is 0 Å². The molecule has 1 aromatic carbocycles. The minimum Gasteiger partial charge on any atom is -0.489 e. The highest BCUT2D eigenvalue weighted by atomic mass is 16.5. The van der Waals surface area contributed by atoms with Gasteiger partial charge < -0.3 is 4.74 Å². The maximum Gasteiger partial charge on any atom is 0.127 e. The molecule has 0 aliphatic carbocycles. The lowest BCUT2D eigenvalue weighted by Crippen LogP contribution is -1.96. The lowest BCUT2D eigenvalue weighted by molar-refractivity contribution is 0.362. The summed E-state index contributed by atoms with van der Waals surface area (Å²) in [5, 5.41) is 0. The number of allylic oxidation sites excluding steroid dienone is 4. The van der Waals surface area contributed by atoms with E-state index in [1.54, 1.807) is 0 Å². The fraction of sp³-hybridized carbons (Fsp3) is 0.200. The topological polar surface area (TPSA) is 9.23 Å². The summed E-state index contributed by atoms with van der Waals surface area (Å²) in [5.74, 6) is 0.909.